The van der Waals surface area contributed by atoms with Gasteiger partial charge in [0.15, 0.2) is 0 Å². The first kappa shape index (κ1) is 10.2. The van der Waals surface area contributed by atoms with E-state index in [2.05, 4.69) is 18.9 Å². The fourth-order valence-corrected chi connectivity index (χ4v) is 0.554. The Kier molecular flexibility index (Phi) is 3.82. The second-order valence-corrected chi connectivity index (χ2v) is 3.15. The monoisotopic (exact) mass is 156 g/mol. The van der Waals surface area contributed by atoms with Gasteiger partial charge in [0.2, 0.25) is 5.91 Å². The third kappa shape index (κ3) is 7.06. The standard InChI is InChI=1S/C8H16N2O/c1-5-8(11)9-6-7-10(2,3)4/h5H,1-2,6-7H2,3-4H3,(H,9,11). The number of nitrogens with one attached hydrogen (secondary N) is 1. The molecule has 0 radical (unpaired) electrons. The summed E-state index contributed by atoms with van der Waals surface area (Å²) < 4.78 is 0.609. The number of hydrogen-bond donors (Lipinski definition) is 1. The number of quaternary nitrogens is 1. The van der Waals surface area contributed by atoms with Gasteiger partial charge in [-0.05, 0) is 6.08 Å². The molecule has 3 heteroatoms. The van der Waals surface area contributed by atoms with E-state index in [1.165, 1.54) is 6.08 Å². The molecule has 3 nitrogen and oxygen atoms in total. The fraction of sp³-hybridized carbons (Fsp3) is 0.500. The minimum atomic E-state index is -0.126. The Morgan fingerprint density at radius 2 is 2.27 bits per heavy atom. The molecule has 0 heterocycles. The van der Waals surface area contributed by atoms with Crippen LogP contribution in [0.3, 0.4) is 0 Å². The predicted octanol–water partition coefficient (Wildman–Crippen LogP) is 0.157. The summed E-state index contributed by atoms with van der Waals surface area (Å²) in [5.41, 5.74) is 0. The normalized spacial score (nSPS) is 10.8. The molecule has 0 rings (SSSR count). The molecule has 0 aromatic heterocycles. The summed E-state index contributed by atoms with van der Waals surface area (Å²) in [6.45, 7) is 4.80. The molecule has 0 aliphatic rings. The Morgan fingerprint density at radius 1 is 1.73 bits per heavy atom. The molecule has 0 bridgehead atoms. The van der Waals surface area contributed by atoms with Crippen molar-refractivity contribution >= 4 is 5.91 Å². The lowest BCUT2D eigenvalue weighted by Gasteiger charge is -2.32. The highest BCUT2D eigenvalue weighted by Crippen LogP contribution is 1.88. The lowest BCUT2D eigenvalue weighted by atomic mass is 10.5. The van der Waals surface area contributed by atoms with Gasteiger partial charge >= 0.3 is 0 Å². The Balaban J connectivity index is 3.42. The van der Waals surface area contributed by atoms with Gasteiger partial charge in [0.25, 0.3) is 0 Å². The summed E-state index contributed by atoms with van der Waals surface area (Å²) in [4.78, 5) is 10.6. The molecular weight excluding hydrogens is 140 g/mol. The summed E-state index contributed by atoms with van der Waals surface area (Å²) in [5, 5.41) is 2.68. The van der Waals surface area contributed by atoms with E-state index in [0.717, 1.165) is 6.54 Å². The van der Waals surface area contributed by atoms with Crippen LogP contribution in [0.25, 0.3) is 0 Å². The second-order valence-electron chi connectivity index (χ2n) is 3.15. The molecule has 0 aliphatic carbocycles. The van der Waals surface area contributed by atoms with Crippen molar-refractivity contribution in [2.45, 2.75) is 0 Å². The van der Waals surface area contributed by atoms with Crippen molar-refractivity contribution in [3.8, 4) is 0 Å². The van der Waals surface area contributed by atoms with Crippen molar-refractivity contribution < 1.29 is 9.28 Å². The maximum Gasteiger partial charge on any atom is 0.243 e. The van der Waals surface area contributed by atoms with Gasteiger partial charge in [-0.25, -0.2) is 0 Å². The average molecular weight is 156 g/mol. The van der Waals surface area contributed by atoms with Crippen LogP contribution in [0.2, 0.25) is 0 Å². The third-order valence-corrected chi connectivity index (χ3v) is 1.20. The van der Waals surface area contributed by atoms with E-state index in [1.807, 2.05) is 14.1 Å². The predicted molar refractivity (Wildman–Crippen MR) is 45.5 cm³/mol. The molecule has 64 valence electrons. The summed E-state index contributed by atoms with van der Waals surface area (Å²) in [6.07, 6.45) is 1.27. The van der Waals surface area contributed by atoms with Gasteiger partial charge in [-0.2, -0.15) is 0 Å². The highest BCUT2D eigenvalue weighted by molar-refractivity contribution is 5.86. The van der Waals surface area contributed by atoms with Gasteiger partial charge in [-0.3, -0.25) is 4.79 Å². The first-order valence-electron chi connectivity index (χ1n) is 3.53. The number of nitrogens with zero attached hydrogens (tertiary/aromatic N) is 1. The van der Waals surface area contributed by atoms with Crippen molar-refractivity contribution in [3.05, 3.63) is 19.7 Å². The zero-order chi connectivity index (χ0) is 8.91. The first-order valence-corrected chi connectivity index (χ1v) is 3.53. The highest BCUT2D eigenvalue weighted by Gasteiger charge is 2.00. The van der Waals surface area contributed by atoms with Crippen LogP contribution < -0.4 is 5.32 Å². The van der Waals surface area contributed by atoms with Crippen molar-refractivity contribution in [1.29, 1.82) is 0 Å². The summed E-state index contributed by atoms with van der Waals surface area (Å²) in [7, 11) is 7.80. The van der Waals surface area contributed by atoms with E-state index in [0.29, 0.717) is 11.0 Å². The van der Waals surface area contributed by atoms with Crippen LogP contribution in [0.1, 0.15) is 0 Å². The van der Waals surface area contributed by atoms with Crippen molar-refractivity contribution in [1.82, 2.24) is 5.32 Å². The molecule has 0 fully saturated rings. The smallest absolute Gasteiger partial charge is 0.243 e. The zero-order valence-electron chi connectivity index (χ0n) is 7.26. The fourth-order valence-electron chi connectivity index (χ4n) is 0.554. The molecule has 0 atom stereocenters. The molecule has 0 spiro atoms. The van der Waals surface area contributed by atoms with Crippen LogP contribution in [0.5, 0.6) is 0 Å². The van der Waals surface area contributed by atoms with Gasteiger partial charge < -0.3 is 9.80 Å². The molecule has 11 heavy (non-hydrogen) atoms. The average Bonchev–Trinajstić information content (AvgIpc) is 1.85. The number of hydrogen-bond acceptors (Lipinski definition) is 1. The van der Waals surface area contributed by atoms with E-state index in [-0.39, 0.29) is 5.91 Å². The number of carbonyl (C=O) groups is 1. The molecule has 0 unspecified atom stereocenters. The van der Waals surface area contributed by atoms with Gasteiger partial charge in [-0.15, -0.1) is 7.05 Å². The van der Waals surface area contributed by atoms with Crippen LogP contribution >= 0.6 is 0 Å². The maximum absolute atomic E-state index is 10.6. The Morgan fingerprint density at radius 3 is 2.64 bits per heavy atom. The molecular formula is C8H16N2O. The molecule has 0 aliphatic heterocycles. The molecule has 0 saturated carbocycles. The molecule has 0 saturated heterocycles. The molecule has 1 amide bonds. The van der Waals surface area contributed by atoms with Gasteiger partial charge in [0, 0.05) is 14.1 Å². The van der Waals surface area contributed by atoms with Crippen molar-refractivity contribution in [2.75, 3.05) is 27.2 Å². The van der Waals surface area contributed by atoms with Gasteiger partial charge in [-0.1, -0.05) is 6.58 Å². The van der Waals surface area contributed by atoms with Crippen molar-refractivity contribution in [2.24, 2.45) is 0 Å². The van der Waals surface area contributed by atoms with E-state index >= 15 is 0 Å². The van der Waals surface area contributed by atoms with Crippen molar-refractivity contribution in [3.63, 3.8) is 0 Å². The Bertz CT molecular complexity index is 147. The number of carbonyl (C=O) groups excluding carboxylic acids is 1. The van der Waals surface area contributed by atoms with Crippen LogP contribution in [-0.2, 0) is 4.79 Å². The third-order valence-electron chi connectivity index (χ3n) is 1.20. The molecule has 0 aromatic carbocycles. The zero-order valence-corrected chi connectivity index (χ0v) is 7.26. The van der Waals surface area contributed by atoms with Crippen LogP contribution in [-0.4, -0.2) is 37.6 Å². The minimum Gasteiger partial charge on any atom is -0.460 e. The maximum atomic E-state index is 10.6. The molecule has 0 aromatic rings. The van der Waals surface area contributed by atoms with Gasteiger partial charge in [0.05, 0.1) is 13.1 Å². The Hall–Kier alpha value is -0.830. The van der Waals surface area contributed by atoms with Gasteiger partial charge in [0.1, 0.15) is 0 Å². The lowest BCUT2D eigenvalue weighted by Crippen LogP contribution is -2.39. The quantitative estimate of drug-likeness (QED) is 0.350. The van der Waals surface area contributed by atoms with E-state index < -0.39 is 0 Å². The SMILES string of the molecule is C=CC(=O)NCC[N+]([CH2-])(C)C. The summed E-state index contributed by atoms with van der Waals surface area (Å²) in [5.74, 6) is -0.126. The number of amides is 1. The van der Waals surface area contributed by atoms with E-state index in [9.17, 15) is 4.79 Å². The molecule has 1 N–H and O–H groups in total. The number of likely N-dealkylation sites (N-methyl/N-ethyl adjacent to an activating group) is 1. The lowest BCUT2D eigenvalue weighted by molar-refractivity contribution is -0.844. The van der Waals surface area contributed by atoms with Crippen LogP contribution in [0, 0.1) is 7.05 Å². The largest absolute Gasteiger partial charge is 0.460 e. The summed E-state index contributed by atoms with van der Waals surface area (Å²) in [6, 6.07) is 0. The van der Waals surface area contributed by atoms with E-state index in [4.69, 9.17) is 0 Å². The minimum absolute atomic E-state index is 0.126. The highest BCUT2D eigenvalue weighted by atomic mass is 16.1. The Labute approximate surface area is 68.3 Å². The topological polar surface area (TPSA) is 29.1 Å². The van der Waals surface area contributed by atoms with Crippen LogP contribution in [0.4, 0.5) is 0 Å². The summed E-state index contributed by atoms with van der Waals surface area (Å²) >= 11 is 0. The second kappa shape index (κ2) is 4.13. The van der Waals surface area contributed by atoms with E-state index in [1.54, 1.807) is 0 Å². The first-order chi connectivity index (χ1) is 4.95. The number of rotatable bonds is 4. The van der Waals surface area contributed by atoms with Crippen LogP contribution in [0.15, 0.2) is 12.7 Å².